The molecule has 152 valence electrons. The Morgan fingerprint density at radius 1 is 1.28 bits per heavy atom. The van der Waals surface area contributed by atoms with Crippen LogP contribution < -0.4 is 5.73 Å². The molecule has 1 amide bonds. The lowest BCUT2D eigenvalue weighted by atomic mass is 10.2. The molecule has 1 aromatic carbocycles. The molecule has 1 atom stereocenters. The summed E-state index contributed by atoms with van der Waals surface area (Å²) in [7, 11) is 0. The minimum atomic E-state index is -0.330. The van der Waals surface area contributed by atoms with E-state index in [2.05, 4.69) is 44.1 Å². The number of amides is 1. The predicted octanol–water partition coefficient (Wildman–Crippen LogP) is 2.35. The van der Waals surface area contributed by atoms with Crippen LogP contribution in [0.2, 0.25) is 0 Å². The maximum Gasteiger partial charge on any atom is 0.217 e. The van der Waals surface area contributed by atoms with Gasteiger partial charge < -0.3 is 15.0 Å². The van der Waals surface area contributed by atoms with E-state index in [1.54, 1.807) is 18.0 Å². The van der Waals surface area contributed by atoms with Gasteiger partial charge in [0.2, 0.25) is 5.91 Å². The van der Waals surface area contributed by atoms with Gasteiger partial charge in [-0.3, -0.25) is 4.79 Å². The van der Waals surface area contributed by atoms with Crippen LogP contribution in [0.4, 0.5) is 0 Å². The number of rotatable bonds is 9. The molecule has 0 spiro atoms. The van der Waals surface area contributed by atoms with Gasteiger partial charge in [-0.2, -0.15) is 5.10 Å². The van der Waals surface area contributed by atoms with Gasteiger partial charge in [-0.05, 0) is 36.6 Å². The predicted molar refractivity (Wildman–Crippen MR) is 110 cm³/mol. The summed E-state index contributed by atoms with van der Waals surface area (Å²) in [5.74, 6) is 1.23. The van der Waals surface area contributed by atoms with E-state index in [9.17, 15) is 4.79 Å². The van der Waals surface area contributed by atoms with Crippen molar-refractivity contribution in [2.24, 2.45) is 5.73 Å². The molecule has 1 unspecified atom stereocenters. The van der Waals surface area contributed by atoms with E-state index in [-0.39, 0.29) is 18.4 Å². The fraction of sp³-hybridized carbons (Fsp3) is 0.400. The van der Waals surface area contributed by atoms with E-state index in [0.29, 0.717) is 13.0 Å². The number of aromatic nitrogens is 5. The number of aryl methyl sites for hydroxylation is 1. The first kappa shape index (κ1) is 19.7. The standard InChI is InChI=1S/C20H24N6O2S/c21-18(27)8-9-19-23-24-20(25(19)13-17-3-1-12-28-17)29-14-15-4-6-16(7-5-15)26-11-2-10-22-26/h2,4-7,10-11,17H,1,3,8-9,12-14H2,(H2,21,27). The SMILES string of the molecule is NC(=O)CCc1nnc(SCc2ccc(-n3cccn3)cc2)n1CC1CCCO1. The van der Waals surface area contributed by atoms with E-state index < -0.39 is 0 Å². The third kappa shape index (κ3) is 5.04. The van der Waals surface area contributed by atoms with E-state index >= 15 is 0 Å². The van der Waals surface area contributed by atoms with Gasteiger partial charge in [0, 0.05) is 37.6 Å². The van der Waals surface area contributed by atoms with Crippen molar-refractivity contribution in [3.05, 3.63) is 54.1 Å². The zero-order chi connectivity index (χ0) is 20.1. The number of nitrogens with two attached hydrogens (primary N) is 1. The number of carbonyl (C=O) groups excluding carboxylic acids is 1. The molecule has 1 fully saturated rings. The second-order valence-corrected chi connectivity index (χ2v) is 7.96. The van der Waals surface area contributed by atoms with E-state index in [1.807, 2.05) is 16.9 Å². The molecule has 0 saturated carbocycles. The molecule has 1 aliphatic heterocycles. The van der Waals surface area contributed by atoms with E-state index in [1.165, 1.54) is 5.56 Å². The average molecular weight is 413 g/mol. The van der Waals surface area contributed by atoms with Crippen molar-refractivity contribution in [2.45, 2.75) is 49.2 Å². The number of nitrogens with zero attached hydrogens (tertiary/aromatic N) is 5. The third-order valence-corrected chi connectivity index (χ3v) is 5.91. The Morgan fingerprint density at radius 2 is 2.14 bits per heavy atom. The Morgan fingerprint density at radius 3 is 2.83 bits per heavy atom. The minimum absolute atomic E-state index is 0.172. The Kier molecular flexibility index (Phi) is 6.26. The van der Waals surface area contributed by atoms with Crippen molar-refractivity contribution >= 4 is 17.7 Å². The van der Waals surface area contributed by atoms with Gasteiger partial charge in [0.05, 0.1) is 18.3 Å². The van der Waals surface area contributed by atoms with E-state index in [0.717, 1.165) is 41.9 Å². The third-order valence-electron chi connectivity index (χ3n) is 4.87. The van der Waals surface area contributed by atoms with Gasteiger partial charge in [-0.15, -0.1) is 10.2 Å². The molecule has 1 saturated heterocycles. The summed E-state index contributed by atoms with van der Waals surface area (Å²) in [5.41, 5.74) is 7.53. The Hall–Kier alpha value is -2.65. The zero-order valence-corrected chi connectivity index (χ0v) is 16.9. The quantitative estimate of drug-likeness (QED) is 0.542. The molecule has 9 heteroatoms. The van der Waals surface area contributed by atoms with Crippen molar-refractivity contribution in [3.8, 4) is 5.69 Å². The summed E-state index contributed by atoms with van der Waals surface area (Å²) >= 11 is 1.64. The lowest BCUT2D eigenvalue weighted by Crippen LogP contribution is -2.19. The number of hydrogen-bond donors (Lipinski definition) is 1. The number of carbonyl (C=O) groups is 1. The summed E-state index contributed by atoms with van der Waals surface area (Å²) < 4.78 is 9.71. The van der Waals surface area contributed by atoms with Crippen LogP contribution in [0.25, 0.3) is 5.69 Å². The first-order valence-corrected chi connectivity index (χ1v) is 10.7. The molecule has 0 bridgehead atoms. The molecule has 0 aliphatic carbocycles. The Balaban J connectivity index is 1.44. The van der Waals surface area contributed by atoms with Crippen molar-refractivity contribution in [1.82, 2.24) is 24.5 Å². The van der Waals surface area contributed by atoms with Crippen molar-refractivity contribution in [1.29, 1.82) is 0 Å². The summed E-state index contributed by atoms with van der Waals surface area (Å²) in [4.78, 5) is 11.2. The van der Waals surface area contributed by atoms with Crippen LogP contribution in [-0.4, -0.2) is 43.2 Å². The number of benzene rings is 1. The monoisotopic (exact) mass is 412 g/mol. The van der Waals surface area contributed by atoms with Crippen molar-refractivity contribution in [2.75, 3.05) is 6.61 Å². The maximum absolute atomic E-state index is 11.2. The molecule has 2 N–H and O–H groups in total. The normalized spacial score (nSPS) is 16.3. The highest BCUT2D eigenvalue weighted by atomic mass is 32.2. The van der Waals surface area contributed by atoms with Gasteiger partial charge in [0.15, 0.2) is 5.16 Å². The van der Waals surface area contributed by atoms with Crippen LogP contribution in [0.1, 0.15) is 30.7 Å². The van der Waals surface area contributed by atoms with Crippen LogP contribution in [0.15, 0.2) is 47.9 Å². The van der Waals surface area contributed by atoms with Gasteiger partial charge in [0.1, 0.15) is 5.82 Å². The lowest BCUT2D eigenvalue weighted by molar-refractivity contribution is -0.118. The number of thioether (sulfide) groups is 1. The summed E-state index contributed by atoms with van der Waals surface area (Å²) in [5, 5.41) is 13.8. The van der Waals surface area contributed by atoms with E-state index in [4.69, 9.17) is 10.5 Å². The maximum atomic E-state index is 11.2. The average Bonchev–Trinajstić information content (AvgIpc) is 3.49. The van der Waals surface area contributed by atoms with Gasteiger partial charge >= 0.3 is 0 Å². The van der Waals surface area contributed by atoms with Crippen LogP contribution in [-0.2, 0) is 28.2 Å². The molecule has 1 aliphatic rings. The highest BCUT2D eigenvalue weighted by Gasteiger charge is 2.21. The second kappa shape index (κ2) is 9.23. The summed E-state index contributed by atoms with van der Waals surface area (Å²) in [6.07, 6.45) is 6.73. The highest BCUT2D eigenvalue weighted by Crippen LogP contribution is 2.25. The van der Waals surface area contributed by atoms with Gasteiger partial charge in [-0.1, -0.05) is 23.9 Å². The molecule has 3 heterocycles. The molecular weight excluding hydrogens is 388 g/mol. The molecule has 2 aromatic heterocycles. The molecule has 4 rings (SSSR count). The largest absolute Gasteiger partial charge is 0.376 e. The van der Waals surface area contributed by atoms with Gasteiger partial charge in [-0.25, -0.2) is 4.68 Å². The fourth-order valence-electron chi connectivity index (χ4n) is 3.34. The van der Waals surface area contributed by atoms with Crippen molar-refractivity contribution < 1.29 is 9.53 Å². The molecular formula is C20H24N6O2S. The second-order valence-electron chi connectivity index (χ2n) is 7.02. The Labute approximate surface area is 173 Å². The highest BCUT2D eigenvalue weighted by molar-refractivity contribution is 7.98. The summed E-state index contributed by atoms with van der Waals surface area (Å²) in [6.45, 7) is 1.51. The molecule has 3 aromatic rings. The molecule has 8 nitrogen and oxygen atoms in total. The summed E-state index contributed by atoms with van der Waals surface area (Å²) in [6, 6.07) is 10.2. The lowest BCUT2D eigenvalue weighted by Gasteiger charge is -2.14. The zero-order valence-electron chi connectivity index (χ0n) is 16.1. The first-order chi connectivity index (χ1) is 14.2. The van der Waals surface area contributed by atoms with Crippen LogP contribution in [0.5, 0.6) is 0 Å². The van der Waals surface area contributed by atoms with Crippen LogP contribution in [0, 0.1) is 0 Å². The molecule has 29 heavy (non-hydrogen) atoms. The minimum Gasteiger partial charge on any atom is -0.376 e. The van der Waals surface area contributed by atoms with Gasteiger partial charge in [0.25, 0.3) is 0 Å². The van der Waals surface area contributed by atoms with Crippen molar-refractivity contribution in [3.63, 3.8) is 0 Å². The topological polar surface area (TPSA) is 101 Å². The first-order valence-electron chi connectivity index (χ1n) is 9.73. The number of primary amides is 1. The smallest absolute Gasteiger partial charge is 0.217 e. The van der Waals surface area contributed by atoms with Crippen LogP contribution in [0.3, 0.4) is 0 Å². The van der Waals surface area contributed by atoms with Crippen LogP contribution >= 0.6 is 11.8 Å². The fourth-order valence-corrected chi connectivity index (χ4v) is 4.26. The molecule has 0 radical (unpaired) electrons. The Bertz CT molecular complexity index is 933. The number of hydrogen-bond acceptors (Lipinski definition) is 6. The number of ether oxygens (including phenoxy) is 1.